The summed E-state index contributed by atoms with van der Waals surface area (Å²) in [6.45, 7) is 3.90. The van der Waals surface area contributed by atoms with Gasteiger partial charge in [0.2, 0.25) is 0 Å². The lowest BCUT2D eigenvalue weighted by molar-refractivity contribution is 0.736. The third-order valence-electron chi connectivity index (χ3n) is 1.54. The van der Waals surface area contributed by atoms with E-state index in [2.05, 4.69) is 4.98 Å². The summed E-state index contributed by atoms with van der Waals surface area (Å²) in [6, 6.07) is 4.04. The fourth-order valence-corrected chi connectivity index (χ4v) is 1.46. The molecule has 1 heterocycles. The maximum atomic E-state index is 5.78. The second-order valence-corrected chi connectivity index (χ2v) is 3.51. The van der Waals surface area contributed by atoms with Crippen molar-refractivity contribution in [3.63, 3.8) is 0 Å². The van der Waals surface area contributed by atoms with Crippen LogP contribution >= 0.6 is 11.6 Å². The van der Waals surface area contributed by atoms with Crippen molar-refractivity contribution in [1.82, 2.24) is 4.98 Å². The first-order valence-corrected chi connectivity index (χ1v) is 4.34. The first-order chi connectivity index (χ1) is 5.58. The number of rotatable bonds is 2. The Hall–Kier alpha value is -0.600. The Morgan fingerprint density at radius 1 is 1.58 bits per heavy atom. The van der Waals surface area contributed by atoms with Gasteiger partial charge in [-0.1, -0.05) is 11.6 Å². The van der Waals surface area contributed by atoms with E-state index in [1.807, 2.05) is 26.0 Å². The van der Waals surface area contributed by atoms with Crippen LogP contribution in [0.1, 0.15) is 18.2 Å². The van der Waals surface area contributed by atoms with Crippen molar-refractivity contribution in [2.75, 3.05) is 0 Å². The lowest BCUT2D eigenvalue weighted by Gasteiger charge is -2.05. The van der Waals surface area contributed by atoms with Crippen molar-refractivity contribution in [3.05, 3.63) is 28.5 Å². The van der Waals surface area contributed by atoms with Crippen molar-refractivity contribution in [2.45, 2.75) is 26.3 Å². The highest BCUT2D eigenvalue weighted by atomic mass is 35.5. The molecule has 66 valence electrons. The van der Waals surface area contributed by atoms with Crippen molar-refractivity contribution in [3.8, 4) is 0 Å². The molecule has 2 N–H and O–H groups in total. The molecule has 0 unspecified atom stereocenters. The summed E-state index contributed by atoms with van der Waals surface area (Å²) in [5.74, 6) is 0. The number of pyridine rings is 1. The average Bonchev–Trinajstić information content (AvgIpc) is 1.81. The zero-order valence-electron chi connectivity index (χ0n) is 7.34. The Kier molecular flexibility index (Phi) is 3.06. The molecule has 1 aromatic heterocycles. The molecule has 0 spiro atoms. The van der Waals surface area contributed by atoms with Gasteiger partial charge in [-0.05, 0) is 38.0 Å². The van der Waals surface area contributed by atoms with Crippen LogP contribution in [-0.4, -0.2) is 11.0 Å². The summed E-state index contributed by atoms with van der Waals surface area (Å²) in [7, 11) is 0. The molecule has 0 aliphatic heterocycles. The van der Waals surface area contributed by atoms with Gasteiger partial charge in [0.05, 0.1) is 0 Å². The Morgan fingerprint density at radius 2 is 2.25 bits per heavy atom. The molecule has 12 heavy (non-hydrogen) atoms. The molecule has 1 atom stereocenters. The molecule has 1 rings (SSSR count). The van der Waals surface area contributed by atoms with Crippen LogP contribution in [0, 0.1) is 6.92 Å². The molecule has 0 aliphatic rings. The van der Waals surface area contributed by atoms with E-state index in [1.165, 1.54) is 0 Å². The van der Waals surface area contributed by atoms with Crippen LogP contribution < -0.4 is 5.73 Å². The Labute approximate surface area is 77.8 Å². The lowest BCUT2D eigenvalue weighted by Crippen LogP contribution is -2.17. The standard InChI is InChI=1S/C9H13ClN2/c1-6(11)3-8-4-7(2)12-9(10)5-8/h4-6H,3,11H2,1-2H3/t6-/m0/s1. The first kappa shape index (κ1) is 9.49. The summed E-state index contributed by atoms with van der Waals surface area (Å²) >= 11 is 5.78. The summed E-state index contributed by atoms with van der Waals surface area (Å²) in [4.78, 5) is 4.07. The normalized spacial score (nSPS) is 13.0. The topological polar surface area (TPSA) is 38.9 Å². The third kappa shape index (κ3) is 2.80. The number of aromatic nitrogens is 1. The number of hydrogen-bond donors (Lipinski definition) is 1. The van der Waals surface area contributed by atoms with E-state index >= 15 is 0 Å². The number of halogens is 1. The summed E-state index contributed by atoms with van der Waals surface area (Å²) in [6.07, 6.45) is 0.850. The molecule has 0 amide bonds. The average molecular weight is 185 g/mol. The predicted molar refractivity (Wildman–Crippen MR) is 51.3 cm³/mol. The molecule has 0 bridgehead atoms. The summed E-state index contributed by atoms with van der Waals surface area (Å²) in [5, 5.41) is 0.547. The second-order valence-electron chi connectivity index (χ2n) is 3.12. The molecule has 0 saturated heterocycles. The summed E-state index contributed by atoms with van der Waals surface area (Å²) < 4.78 is 0. The quantitative estimate of drug-likeness (QED) is 0.714. The van der Waals surface area contributed by atoms with Crippen LogP contribution in [0.3, 0.4) is 0 Å². The van der Waals surface area contributed by atoms with E-state index in [0.29, 0.717) is 5.15 Å². The highest BCUT2D eigenvalue weighted by Gasteiger charge is 2.00. The number of nitrogens with zero attached hydrogens (tertiary/aromatic N) is 1. The van der Waals surface area contributed by atoms with Gasteiger partial charge in [0, 0.05) is 11.7 Å². The maximum absolute atomic E-state index is 5.78. The SMILES string of the molecule is Cc1cc(C[C@H](C)N)cc(Cl)n1. The molecule has 0 aromatic carbocycles. The lowest BCUT2D eigenvalue weighted by atomic mass is 10.1. The largest absolute Gasteiger partial charge is 0.328 e. The molecule has 0 aliphatic carbocycles. The van der Waals surface area contributed by atoms with Gasteiger partial charge in [0.25, 0.3) is 0 Å². The number of hydrogen-bond acceptors (Lipinski definition) is 2. The van der Waals surface area contributed by atoms with Gasteiger partial charge in [-0.15, -0.1) is 0 Å². The minimum absolute atomic E-state index is 0.169. The van der Waals surface area contributed by atoms with Gasteiger partial charge in [0.15, 0.2) is 0 Å². The number of aryl methyl sites for hydroxylation is 1. The van der Waals surface area contributed by atoms with Crippen LogP contribution in [0.15, 0.2) is 12.1 Å². The smallest absolute Gasteiger partial charge is 0.129 e. The predicted octanol–water partition coefficient (Wildman–Crippen LogP) is 1.93. The van der Waals surface area contributed by atoms with Crippen LogP contribution in [-0.2, 0) is 6.42 Å². The van der Waals surface area contributed by atoms with E-state index in [9.17, 15) is 0 Å². The van der Waals surface area contributed by atoms with Crippen LogP contribution in [0.25, 0.3) is 0 Å². The van der Waals surface area contributed by atoms with Gasteiger partial charge in [-0.25, -0.2) is 4.98 Å². The van der Waals surface area contributed by atoms with E-state index in [0.717, 1.165) is 17.7 Å². The zero-order valence-corrected chi connectivity index (χ0v) is 8.10. The van der Waals surface area contributed by atoms with Gasteiger partial charge >= 0.3 is 0 Å². The van der Waals surface area contributed by atoms with E-state index in [4.69, 9.17) is 17.3 Å². The molecule has 1 aromatic rings. The molecule has 0 fully saturated rings. The molecule has 3 heteroatoms. The maximum Gasteiger partial charge on any atom is 0.129 e. The highest BCUT2D eigenvalue weighted by molar-refractivity contribution is 6.29. The van der Waals surface area contributed by atoms with E-state index < -0.39 is 0 Å². The van der Waals surface area contributed by atoms with Crippen molar-refractivity contribution in [2.24, 2.45) is 5.73 Å². The fourth-order valence-electron chi connectivity index (χ4n) is 1.19. The van der Waals surface area contributed by atoms with Crippen LogP contribution in [0.5, 0.6) is 0 Å². The first-order valence-electron chi connectivity index (χ1n) is 3.96. The van der Waals surface area contributed by atoms with Crippen molar-refractivity contribution in [1.29, 1.82) is 0 Å². The Balaban J connectivity index is 2.85. The second kappa shape index (κ2) is 3.87. The summed E-state index contributed by atoms with van der Waals surface area (Å²) in [5.41, 5.74) is 7.76. The number of nitrogens with two attached hydrogens (primary N) is 1. The van der Waals surface area contributed by atoms with Gasteiger partial charge in [0.1, 0.15) is 5.15 Å². The van der Waals surface area contributed by atoms with Crippen molar-refractivity contribution >= 4 is 11.6 Å². The van der Waals surface area contributed by atoms with E-state index in [-0.39, 0.29) is 6.04 Å². The zero-order chi connectivity index (χ0) is 9.14. The fraction of sp³-hybridized carbons (Fsp3) is 0.444. The van der Waals surface area contributed by atoms with Gasteiger partial charge < -0.3 is 5.73 Å². The van der Waals surface area contributed by atoms with Gasteiger partial charge in [-0.2, -0.15) is 0 Å². The molecule has 0 radical (unpaired) electrons. The Morgan fingerprint density at radius 3 is 2.75 bits per heavy atom. The van der Waals surface area contributed by atoms with Crippen molar-refractivity contribution < 1.29 is 0 Å². The van der Waals surface area contributed by atoms with E-state index in [1.54, 1.807) is 0 Å². The Bertz CT molecular complexity index is 251. The van der Waals surface area contributed by atoms with Crippen LogP contribution in [0.4, 0.5) is 0 Å². The molecule has 0 saturated carbocycles. The molecular weight excluding hydrogens is 172 g/mol. The third-order valence-corrected chi connectivity index (χ3v) is 1.73. The minimum atomic E-state index is 0.169. The monoisotopic (exact) mass is 184 g/mol. The molecule has 2 nitrogen and oxygen atoms in total. The minimum Gasteiger partial charge on any atom is -0.328 e. The molecular formula is C9H13ClN2. The highest BCUT2D eigenvalue weighted by Crippen LogP contribution is 2.11. The van der Waals surface area contributed by atoms with Crippen LogP contribution in [0.2, 0.25) is 5.15 Å². The van der Waals surface area contributed by atoms with Gasteiger partial charge in [-0.3, -0.25) is 0 Å².